The Kier molecular flexibility index (Phi) is 3.05. The Balaban J connectivity index is 1.44. The largest absolute Gasteiger partial charge is 0.447 e. The molecule has 5 rings (SSSR count). The summed E-state index contributed by atoms with van der Waals surface area (Å²) in [6, 6.07) is 6.97. The number of nitrogens with one attached hydrogen (secondary N) is 1. The van der Waals surface area contributed by atoms with Gasteiger partial charge in [0.15, 0.2) is 0 Å². The number of fused-ring (bicyclic) bond motifs is 3. The number of rotatable bonds is 1. The van der Waals surface area contributed by atoms with E-state index in [0.29, 0.717) is 12.5 Å². The molecule has 1 saturated heterocycles. The number of alkyl carbamates (subject to hydrolysis) is 1. The quantitative estimate of drug-likeness (QED) is 0.855. The molecule has 1 aromatic carbocycles. The molecule has 1 aromatic heterocycles. The summed E-state index contributed by atoms with van der Waals surface area (Å²) < 4.78 is 5.15. The zero-order chi connectivity index (χ0) is 16.3. The molecule has 1 amide bonds. The molecular weight excluding hydrogens is 320 g/mol. The Labute approximate surface area is 145 Å². The van der Waals surface area contributed by atoms with Crippen LogP contribution in [0.25, 0.3) is 10.4 Å². The number of aryl methyl sites for hydroxylation is 3. The molecule has 0 bridgehead atoms. The third-order valence-electron chi connectivity index (χ3n) is 5.74. The van der Waals surface area contributed by atoms with Crippen LogP contribution in [0.5, 0.6) is 0 Å². The molecule has 24 heavy (non-hydrogen) atoms. The number of amides is 1. The van der Waals surface area contributed by atoms with Crippen LogP contribution >= 0.6 is 11.3 Å². The Morgan fingerprint density at radius 2 is 2.29 bits per heavy atom. The van der Waals surface area contributed by atoms with E-state index in [2.05, 4.69) is 35.4 Å². The zero-order valence-corrected chi connectivity index (χ0v) is 14.5. The molecule has 3 aliphatic rings. The van der Waals surface area contributed by atoms with Crippen LogP contribution < -0.4 is 5.32 Å². The molecule has 1 N–H and O–H groups in total. The van der Waals surface area contributed by atoms with Crippen LogP contribution in [0.15, 0.2) is 18.2 Å². The van der Waals surface area contributed by atoms with Crippen LogP contribution in [0, 0.1) is 6.92 Å². The van der Waals surface area contributed by atoms with Gasteiger partial charge in [0, 0.05) is 0 Å². The molecule has 1 saturated carbocycles. The number of cyclic esters (lactones) is 1. The van der Waals surface area contributed by atoms with Gasteiger partial charge in [0.2, 0.25) is 0 Å². The predicted octanol–water partition coefficient (Wildman–Crippen LogP) is 3.96. The minimum atomic E-state index is -0.255. The molecule has 1 spiro atoms. The van der Waals surface area contributed by atoms with Crippen molar-refractivity contribution in [3.8, 4) is 10.4 Å². The van der Waals surface area contributed by atoms with Crippen LogP contribution in [0.4, 0.5) is 4.79 Å². The highest BCUT2D eigenvalue weighted by Gasteiger charge is 2.46. The van der Waals surface area contributed by atoms with Gasteiger partial charge in [0.05, 0.1) is 21.1 Å². The van der Waals surface area contributed by atoms with Crippen molar-refractivity contribution in [3.63, 3.8) is 0 Å². The van der Waals surface area contributed by atoms with E-state index >= 15 is 0 Å². The number of nitrogens with zero attached hydrogens (tertiary/aromatic N) is 1. The van der Waals surface area contributed by atoms with Gasteiger partial charge in [-0.2, -0.15) is 0 Å². The Bertz CT molecular complexity index is 844. The smallest absolute Gasteiger partial charge is 0.407 e. The maximum atomic E-state index is 11.4. The first kappa shape index (κ1) is 14.5. The van der Waals surface area contributed by atoms with Crippen molar-refractivity contribution in [3.05, 3.63) is 40.0 Å². The first-order valence-electron chi connectivity index (χ1n) is 8.66. The molecular formula is C19H20N2O2S. The van der Waals surface area contributed by atoms with E-state index in [9.17, 15) is 4.79 Å². The van der Waals surface area contributed by atoms with Gasteiger partial charge >= 0.3 is 6.09 Å². The third-order valence-corrected chi connectivity index (χ3v) is 6.78. The standard InChI is InChI=1S/C19H20N2O2S/c1-11-20-16-5-3-13-8-12(2-4-15(13)17(16)24-11)14-6-7-19(9-14)10-23-18(22)21-19/h2,4,8,14H,3,5-7,9-10H2,1H3,(H,21,22)/t14-,19+/m0/s1. The van der Waals surface area contributed by atoms with Crippen molar-refractivity contribution >= 4 is 17.4 Å². The normalized spacial score (nSPS) is 27.7. The summed E-state index contributed by atoms with van der Waals surface area (Å²) in [7, 11) is 0. The highest BCUT2D eigenvalue weighted by atomic mass is 32.1. The fourth-order valence-corrected chi connectivity index (χ4v) is 5.57. The Hall–Kier alpha value is -1.88. The fraction of sp³-hybridized carbons (Fsp3) is 0.474. The first-order valence-corrected chi connectivity index (χ1v) is 9.48. The molecule has 124 valence electrons. The number of hydrogen-bond donors (Lipinski definition) is 1. The summed E-state index contributed by atoms with van der Waals surface area (Å²) in [5.41, 5.74) is 5.38. The number of thiazole rings is 1. The van der Waals surface area contributed by atoms with Crippen LogP contribution in [-0.4, -0.2) is 23.2 Å². The third kappa shape index (κ3) is 2.18. The van der Waals surface area contributed by atoms with Gasteiger partial charge in [-0.15, -0.1) is 11.3 Å². The molecule has 5 heteroatoms. The topological polar surface area (TPSA) is 51.2 Å². The number of carbonyl (C=O) groups excluding carboxylic acids is 1. The summed E-state index contributed by atoms with van der Waals surface area (Å²) in [4.78, 5) is 17.5. The average Bonchev–Trinajstić information content (AvgIpc) is 3.26. The van der Waals surface area contributed by atoms with Crippen LogP contribution in [0.2, 0.25) is 0 Å². The number of hydrogen-bond acceptors (Lipinski definition) is 4. The molecule has 1 aliphatic heterocycles. The van der Waals surface area contributed by atoms with E-state index in [4.69, 9.17) is 4.74 Å². The fourth-order valence-electron chi connectivity index (χ4n) is 4.55. The summed E-state index contributed by atoms with van der Waals surface area (Å²) in [5, 5.41) is 4.20. The number of carbonyl (C=O) groups is 1. The molecule has 2 atom stereocenters. The highest BCUT2D eigenvalue weighted by molar-refractivity contribution is 7.15. The molecule has 0 unspecified atom stereocenters. The molecule has 4 nitrogen and oxygen atoms in total. The number of ether oxygens (including phenoxy) is 1. The maximum absolute atomic E-state index is 11.4. The van der Waals surface area contributed by atoms with Crippen molar-refractivity contribution in [1.29, 1.82) is 0 Å². The van der Waals surface area contributed by atoms with Crippen molar-refractivity contribution in [2.24, 2.45) is 0 Å². The lowest BCUT2D eigenvalue weighted by atomic mass is 9.87. The van der Waals surface area contributed by atoms with Crippen molar-refractivity contribution < 1.29 is 9.53 Å². The summed E-state index contributed by atoms with van der Waals surface area (Å²) >= 11 is 1.81. The lowest BCUT2D eigenvalue weighted by Gasteiger charge is -2.21. The van der Waals surface area contributed by atoms with Crippen molar-refractivity contribution in [2.45, 2.75) is 50.5 Å². The van der Waals surface area contributed by atoms with Gasteiger partial charge in [-0.3, -0.25) is 0 Å². The van der Waals surface area contributed by atoms with E-state index in [1.807, 2.05) is 11.3 Å². The second-order valence-corrected chi connectivity index (χ2v) is 8.55. The minimum Gasteiger partial charge on any atom is -0.447 e. The lowest BCUT2D eigenvalue weighted by molar-refractivity contribution is 0.172. The summed E-state index contributed by atoms with van der Waals surface area (Å²) in [5.74, 6) is 0.516. The van der Waals surface area contributed by atoms with Crippen molar-refractivity contribution in [2.75, 3.05) is 6.61 Å². The molecule has 2 aliphatic carbocycles. The molecule has 2 fully saturated rings. The molecule has 2 heterocycles. The monoisotopic (exact) mass is 340 g/mol. The van der Waals surface area contributed by atoms with E-state index < -0.39 is 0 Å². The van der Waals surface area contributed by atoms with E-state index in [1.54, 1.807) is 0 Å². The van der Waals surface area contributed by atoms with Crippen LogP contribution in [-0.2, 0) is 17.6 Å². The number of benzene rings is 1. The summed E-state index contributed by atoms with van der Waals surface area (Å²) in [6.45, 7) is 2.61. The maximum Gasteiger partial charge on any atom is 0.407 e. The first-order chi connectivity index (χ1) is 11.6. The SMILES string of the molecule is Cc1nc2c(s1)-c1ccc([C@H]3CC[C@]4(COC(=O)N4)C3)cc1CC2. The second kappa shape index (κ2) is 5.06. The second-order valence-electron chi connectivity index (χ2n) is 7.35. The van der Waals surface area contributed by atoms with Crippen molar-refractivity contribution in [1.82, 2.24) is 10.3 Å². The predicted molar refractivity (Wildman–Crippen MR) is 93.5 cm³/mol. The minimum absolute atomic E-state index is 0.125. The van der Waals surface area contributed by atoms with Gasteiger partial charge in [-0.1, -0.05) is 18.2 Å². The van der Waals surface area contributed by atoms with Gasteiger partial charge in [-0.05, 0) is 61.6 Å². The van der Waals surface area contributed by atoms with Gasteiger partial charge < -0.3 is 10.1 Å². The highest BCUT2D eigenvalue weighted by Crippen LogP contribution is 2.45. The van der Waals surface area contributed by atoms with Crippen LogP contribution in [0.1, 0.15) is 47.0 Å². The molecule has 0 radical (unpaired) electrons. The van der Waals surface area contributed by atoms with E-state index in [0.717, 1.165) is 37.1 Å². The van der Waals surface area contributed by atoms with Gasteiger partial charge in [-0.25, -0.2) is 9.78 Å². The lowest BCUT2D eigenvalue weighted by Crippen LogP contribution is -2.40. The van der Waals surface area contributed by atoms with Gasteiger partial charge in [0.25, 0.3) is 0 Å². The van der Waals surface area contributed by atoms with Crippen LogP contribution in [0.3, 0.4) is 0 Å². The molecule has 2 aromatic rings. The Morgan fingerprint density at radius 1 is 1.38 bits per heavy atom. The average molecular weight is 340 g/mol. The van der Waals surface area contributed by atoms with E-state index in [1.165, 1.54) is 27.3 Å². The summed E-state index contributed by atoms with van der Waals surface area (Å²) in [6.07, 6.45) is 4.99. The zero-order valence-electron chi connectivity index (χ0n) is 13.7. The van der Waals surface area contributed by atoms with E-state index in [-0.39, 0.29) is 11.6 Å². The van der Waals surface area contributed by atoms with Gasteiger partial charge in [0.1, 0.15) is 6.61 Å². The number of aromatic nitrogens is 1. The Morgan fingerprint density at radius 3 is 3.12 bits per heavy atom.